The Labute approximate surface area is 146 Å². The number of halogens is 1. The maximum Gasteiger partial charge on any atom is 0.191 e. The number of nitrogens with one attached hydrogen (secondary N) is 2. The fourth-order valence-electron chi connectivity index (χ4n) is 2.11. The Morgan fingerprint density at radius 3 is 2.92 bits per heavy atom. The lowest BCUT2D eigenvalue weighted by atomic mass is 10.2. The van der Waals surface area contributed by atoms with Gasteiger partial charge in [-0.1, -0.05) is 6.07 Å². The molecule has 25 heavy (non-hydrogen) atoms. The van der Waals surface area contributed by atoms with E-state index in [9.17, 15) is 9.50 Å². The fourth-order valence-corrected chi connectivity index (χ4v) is 2.11. The molecule has 7 heteroatoms. The summed E-state index contributed by atoms with van der Waals surface area (Å²) in [7, 11) is 0. The minimum atomic E-state index is -0.639. The van der Waals surface area contributed by atoms with Gasteiger partial charge in [0.1, 0.15) is 12.4 Å². The Hall–Kier alpha value is -2.54. The molecule has 0 aliphatic rings. The highest BCUT2D eigenvalue weighted by Crippen LogP contribution is 2.16. The highest BCUT2D eigenvalue weighted by molar-refractivity contribution is 5.79. The third-order valence-electron chi connectivity index (χ3n) is 3.36. The summed E-state index contributed by atoms with van der Waals surface area (Å²) in [5.41, 5.74) is 0.689. The van der Waals surface area contributed by atoms with Crippen molar-refractivity contribution >= 4 is 5.96 Å². The molecule has 6 nitrogen and oxygen atoms in total. The van der Waals surface area contributed by atoms with E-state index in [1.165, 1.54) is 12.1 Å². The van der Waals surface area contributed by atoms with Gasteiger partial charge in [-0.25, -0.2) is 9.38 Å². The number of hydrogen-bond donors (Lipinski definition) is 3. The average molecular weight is 349 g/mol. The number of phenolic OH excluding ortho intramolecular Hbond substituents is 1. The van der Waals surface area contributed by atoms with Crippen LogP contribution in [0, 0.1) is 5.82 Å². The van der Waals surface area contributed by atoms with Gasteiger partial charge in [-0.15, -0.1) is 0 Å². The van der Waals surface area contributed by atoms with E-state index in [-0.39, 0.29) is 5.75 Å². The van der Waals surface area contributed by atoms with Gasteiger partial charge in [0, 0.05) is 19.7 Å². The minimum Gasteiger partial charge on any atom is -0.505 e. The SMILES string of the molecule is CCNC(=NCc1ccc(O)c(F)c1)NCCCOCc1ccco1. The lowest BCUT2D eigenvalue weighted by Crippen LogP contribution is -2.38. The Morgan fingerprint density at radius 1 is 1.32 bits per heavy atom. The lowest BCUT2D eigenvalue weighted by Gasteiger charge is -2.11. The molecule has 0 atom stereocenters. The summed E-state index contributed by atoms with van der Waals surface area (Å²) in [5.74, 6) is 0.470. The monoisotopic (exact) mass is 349 g/mol. The van der Waals surface area contributed by atoms with Crippen molar-refractivity contribution in [1.29, 1.82) is 0 Å². The van der Waals surface area contributed by atoms with Crippen molar-refractivity contribution in [2.75, 3.05) is 19.7 Å². The van der Waals surface area contributed by atoms with Gasteiger partial charge in [-0.2, -0.15) is 0 Å². The van der Waals surface area contributed by atoms with Crippen LogP contribution < -0.4 is 10.6 Å². The number of guanidine groups is 1. The zero-order valence-corrected chi connectivity index (χ0v) is 14.3. The highest BCUT2D eigenvalue weighted by Gasteiger charge is 2.02. The smallest absolute Gasteiger partial charge is 0.191 e. The molecule has 1 heterocycles. The summed E-state index contributed by atoms with van der Waals surface area (Å²) < 4.78 is 24.0. The number of benzene rings is 1. The van der Waals surface area contributed by atoms with E-state index in [2.05, 4.69) is 15.6 Å². The molecule has 1 aromatic heterocycles. The van der Waals surface area contributed by atoms with E-state index in [1.807, 2.05) is 19.1 Å². The van der Waals surface area contributed by atoms with Gasteiger partial charge in [-0.05, 0) is 43.2 Å². The van der Waals surface area contributed by atoms with Gasteiger partial charge >= 0.3 is 0 Å². The van der Waals surface area contributed by atoms with Crippen LogP contribution in [0.25, 0.3) is 0 Å². The normalized spacial score (nSPS) is 11.5. The average Bonchev–Trinajstić information content (AvgIpc) is 3.12. The Morgan fingerprint density at radius 2 is 2.20 bits per heavy atom. The predicted molar refractivity (Wildman–Crippen MR) is 93.9 cm³/mol. The summed E-state index contributed by atoms with van der Waals surface area (Å²) >= 11 is 0. The standard InChI is InChI=1S/C18H24FN3O3/c1-2-20-18(22-12-14-6-7-17(23)16(19)11-14)21-8-4-9-24-13-15-5-3-10-25-15/h3,5-7,10-11,23H,2,4,8-9,12-13H2,1H3,(H2,20,21,22). The summed E-state index contributed by atoms with van der Waals surface area (Å²) in [4.78, 5) is 4.40. The maximum absolute atomic E-state index is 13.3. The molecule has 0 saturated heterocycles. The zero-order chi connectivity index (χ0) is 17.9. The predicted octanol–water partition coefficient (Wildman–Crippen LogP) is 2.79. The number of hydrogen-bond acceptors (Lipinski definition) is 4. The van der Waals surface area contributed by atoms with Crippen molar-refractivity contribution in [3.05, 3.63) is 53.7 Å². The molecule has 0 unspecified atom stereocenters. The number of nitrogens with zero attached hydrogens (tertiary/aromatic N) is 1. The van der Waals surface area contributed by atoms with Gasteiger partial charge in [-0.3, -0.25) is 0 Å². The fraction of sp³-hybridized carbons (Fsp3) is 0.389. The van der Waals surface area contributed by atoms with Crippen LogP contribution in [0.4, 0.5) is 4.39 Å². The Kier molecular flexibility index (Phi) is 7.78. The first-order valence-corrected chi connectivity index (χ1v) is 8.28. The van der Waals surface area contributed by atoms with Crippen LogP contribution in [0.15, 0.2) is 46.0 Å². The van der Waals surface area contributed by atoms with Crippen molar-refractivity contribution in [2.24, 2.45) is 4.99 Å². The third kappa shape index (κ3) is 6.84. The van der Waals surface area contributed by atoms with Gasteiger partial charge in [0.25, 0.3) is 0 Å². The topological polar surface area (TPSA) is 79.0 Å². The van der Waals surface area contributed by atoms with Gasteiger partial charge in [0.05, 0.1) is 12.8 Å². The van der Waals surface area contributed by atoms with Crippen LogP contribution >= 0.6 is 0 Å². The molecule has 0 radical (unpaired) electrons. The van der Waals surface area contributed by atoms with Crippen LogP contribution in [0.1, 0.15) is 24.7 Å². The van der Waals surface area contributed by atoms with E-state index in [0.29, 0.717) is 37.8 Å². The number of aromatic hydroxyl groups is 1. The molecule has 2 rings (SSSR count). The zero-order valence-electron chi connectivity index (χ0n) is 14.3. The number of aliphatic imine (C=N–C) groups is 1. The van der Waals surface area contributed by atoms with Crippen LogP contribution in [-0.4, -0.2) is 30.8 Å². The number of furan rings is 1. The second kappa shape index (κ2) is 10.4. The largest absolute Gasteiger partial charge is 0.505 e. The lowest BCUT2D eigenvalue weighted by molar-refractivity contribution is 0.105. The van der Waals surface area contributed by atoms with Crippen molar-refractivity contribution < 1.29 is 18.7 Å². The van der Waals surface area contributed by atoms with Crippen LogP contribution in [-0.2, 0) is 17.9 Å². The van der Waals surface area contributed by atoms with Gasteiger partial charge in [0.15, 0.2) is 17.5 Å². The molecule has 0 saturated carbocycles. The first kappa shape index (κ1) is 18.8. The van der Waals surface area contributed by atoms with E-state index < -0.39 is 5.82 Å². The van der Waals surface area contributed by atoms with Crippen LogP contribution in [0.2, 0.25) is 0 Å². The van der Waals surface area contributed by atoms with E-state index in [0.717, 1.165) is 18.7 Å². The molecule has 0 aliphatic carbocycles. The molecule has 2 aromatic rings. The molecule has 0 spiro atoms. The van der Waals surface area contributed by atoms with E-state index in [4.69, 9.17) is 9.15 Å². The van der Waals surface area contributed by atoms with Crippen molar-refractivity contribution in [3.8, 4) is 5.75 Å². The second-order valence-electron chi connectivity index (χ2n) is 5.39. The Balaban J connectivity index is 1.70. The molecule has 0 fully saturated rings. The summed E-state index contributed by atoms with van der Waals surface area (Å²) in [6.45, 7) is 4.80. The molecule has 0 aliphatic heterocycles. The van der Waals surface area contributed by atoms with E-state index >= 15 is 0 Å². The molecular formula is C18H24FN3O3. The molecule has 136 valence electrons. The maximum atomic E-state index is 13.3. The van der Waals surface area contributed by atoms with Crippen LogP contribution in [0.5, 0.6) is 5.75 Å². The summed E-state index contributed by atoms with van der Waals surface area (Å²) in [5, 5.41) is 15.5. The summed E-state index contributed by atoms with van der Waals surface area (Å²) in [6, 6.07) is 7.97. The third-order valence-corrected chi connectivity index (χ3v) is 3.36. The number of phenols is 1. The molecule has 3 N–H and O–H groups in total. The first-order chi connectivity index (χ1) is 12.2. The van der Waals surface area contributed by atoms with Gasteiger partial charge < -0.3 is 24.9 Å². The van der Waals surface area contributed by atoms with Crippen LogP contribution in [0.3, 0.4) is 0 Å². The van der Waals surface area contributed by atoms with Crippen molar-refractivity contribution in [3.63, 3.8) is 0 Å². The number of rotatable bonds is 9. The molecule has 0 amide bonds. The molecular weight excluding hydrogens is 325 g/mol. The van der Waals surface area contributed by atoms with E-state index in [1.54, 1.807) is 12.3 Å². The van der Waals surface area contributed by atoms with Gasteiger partial charge in [0.2, 0.25) is 0 Å². The molecule has 1 aromatic carbocycles. The Bertz CT molecular complexity index is 660. The molecule has 0 bridgehead atoms. The second-order valence-corrected chi connectivity index (χ2v) is 5.39. The van der Waals surface area contributed by atoms with Crippen molar-refractivity contribution in [2.45, 2.75) is 26.5 Å². The quantitative estimate of drug-likeness (QED) is 0.369. The van der Waals surface area contributed by atoms with Crippen molar-refractivity contribution in [1.82, 2.24) is 10.6 Å². The highest BCUT2D eigenvalue weighted by atomic mass is 19.1. The minimum absolute atomic E-state index is 0.321. The summed E-state index contributed by atoms with van der Waals surface area (Å²) in [6.07, 6.45) is 2.44. The first-order valence-electron chi connectivity index (χ1n) is 8.28. The number of ether oxygens (including phenoxy) is 1.